The molecule has 1 aromatic carbocycles. The predicted molar refractivity (Wildman–Crippen MR) is 139 cm³/mol. The van der Waals surface area contributed by atoms with Crippen LogP contribution in [0.2, 0.25) is 0 Å². The maximum atomic E-state index is 15.2. The van der Waals surface area contributed by atoms with E-state index in [-0.39, 0.29) is 12.0 Å². The Bertz CT molecular complexity index is 740. The van der Waals surface area contributed by atoms with Crippen molar-refractivity contribution in [2.45, 2.75) is 122 Å². The minimum absolute atomic E-state index is 0.0100. The molecule has 196 valence electrons. The van der Waals surface area contributed by atoms with Gasteiger partial charge in [0.25, 0.3) is 0 Å². The lowest BCUT2D eigenvalue weighted by Gasteiger charge is -2.30. The smallest absolute Gasteiger partial charge is 0.325 e. The van der Waals surface area contributed by atoms with Gasteiger partial charge in [-0.1, -0.05) is 77.7 Å². The largest absolute Gasteiger partial charge is 0.491 e. The molecule has 1 fully saturated rings. The van der Waals surface area contributed by atoms with Gasteiger partial charge < -0.3 is 14.5 Å². The summed E-state index contributed by atoms with van der Waals surface area (Å²) in [6, 6.07) is 3.98. The zero-order valence-corrected chi connectivity index (χ0v) is 22.5. The van der Waals surface area contributed by atoms with Crippen LogP contribution < -0.4 is 4.74 Å². The predicted octanol–water partition coefficient (Wildman–Crippen LogP) is 8.53. The number of ether oxygens (including phenoxy) is 1. The highest BCUT2D eigenvalue weighted by Gasteiger charge is 2.25. The van der Waals surface area contributed by atoms with E-state index < -0.39 is 7.60 Å². The van der Waals surface area contributed by atoms with Crippen LogP contribution in [0.5, 0.6) is 5.75 Å². The van der Waals surface area contributed by atoms with Gasteiger partial charge in [0, 0.05) is 6.16 Å². The van der Waals surface area contributed by atoms with Crippen molar-refractivity contribution in [1.29, 1.82) is 0 Å². The van der Waals surface area contributed by atoms with Crippen LogP contribution in [0, 0.1) is 11.7 Å². The first-order valence-electron chi connectivity index (χ1n) is 13.8. The van der Waals surface area contributed by atoms with Crippen molar-refractivity contribution >= 4 is 7.60 Å². The Morgan fingerprint density at radius 1 is 0.912 bits per heavy atom. The molecule has 0 aromatic heterocycles. The van der Waals surface area contributed by atoms with Gasteiger partial charge in [0.15, 0.2) is 11.6 Å². The lowest BCUT2D eigenvalue weighted by atomic mass is 9.76. The number of hydrogen-bond donors (Lipinski definition) is 2. The molecule has 2 N–H and O–H groups in total. The Balaban J connectivity index is 1.63. The van der Waals surface area contributed by atoms with E-state index in [1.54, 1.807) is 0 Å². The third-order valence-corrected chi connectivity index (χ3v) is 8.33. The summed E-state index contributed by atoms with van der Waals surface area (Å²) in [5.74, 6) is 1.63. The van der Waals surface area contributed by atoms with Gasteiger partial charge in [-0.3, -0.25) is 4.57 Å². The lowest BCUT2D eigenvalue weighted by molar-refractivity contribution is 0.286. The molecule has 0 heterocycles. The summed E-state index contributed by atoms with van der Waals surface area (Å²) >= 11 is 0. The fourth-order valence-electron chi connectivity index (χ4n) is 5.48. The molecule has 1 aliphatic carbocycles. The summed E-state index contributed by atoms with van der Waals surface area (Å²) in [5.41, 5.74) is 2.07. The molecule has 0 amide bonds. The van der Waals surface area contributed by atoms with Gasteiger partial charge in [-0.05, 0) is 74.0 Å². The Morgan fingerprint density at radius 3 is 2.06 bits per heavy atom. The molecule has 0 unspecified atom stereocenters. The Kier molecular flexibility index (Phi) is 13.8. The van der Waals surface area contributed by atoms with Crippen LogP contribution in [0.1, 0.15) is 127 Å². The highest BCUT2D eigenvalue weighted by Crippen LogP contribution is 2.40. The molecule has 0 bridgehead atoms. The molecular weight excluding hydrogens is 450 g/mol. The molecular formula is C28H48FO4P. The van der Waals surface area contributed by atoms with Crippen molar-refractivity contribution < 1.29 is 23.5 Å². The van der Waals surface area contributed by atoms with Gasteiger partial charge in [-0.25, -0.2) is 4.39 Å². The monoisotopic (exact) mass is 498 g/mol. The number of hydrogen-bond acceptors (Lipinski definition) is 2. The van der Waals surface area contributed by atoms with E-state index in [1.165, 1.54) is 50.5 Å². The van der Waals surface area contributed by atoms with E-state index in [0.717, 1.165) is 56.4 Å². The van der Waals surface area contributed by atoms with E-state index in [9.17, 15) is 4.57 Å². The summed E-state index contributed by atoms with van der Waals surface area (Å²) in [6.07, 6.45) is 17.4. The molecule has 0 atom stereocenters. The van der Waals surface area contributed by atoms with Crippen LogP contribution in [-0.4, -0.2) is 22.6 Å². The van der Waals surface area contributed by atoms with E-state index >= 15 is 4.39 Å². The second-order valence-electron chi connectivity index (χ2n) is 10.2. The van der Waals surface area contributed by atoms with Crippen molar-refractivity contribution in [3.05, 3.63) is 29.1 Å². The molecule has 1 aliphatic rings. The molecule has 4 nitrogen and oxygen atoms in total. The van der Waals surface area contributed by atoms with Crippen LogP contribution in [0.25, 0.3) is 0 Å². The van der Waals surface area contributed by atoms with Crippen LogP contribution in [0.15, 0.2) is 12.1 Å². The number of unbranched alkanes of at least 4 members (excludes halogenated alkanes) is 8. The molecule has 0 saturated heterocycles. The number of benzene rings is 1. The maximum Gasteiger partial charge on any atom is 0.325 e. The zero-order chi connectivity index (χ0) is 24.8. The second-order valence-corrected chi connectivity index (χ2v) is 12.0. The topological polar surface area (TPSA) is 66.8 Å². The molecule has 34 heavy (non-hydrogen) atoms. The van der Waals surface area contributed by atoms with E-state index in [0.29, 0.717) is 31.1 Å². The van der Waals surface area contributed by atoms with Crippen molar-refractivity contribution in [1.82, 2.24) is 0 Å². The molecule has 2 rings (SSSR count). The van der Waals surface area contributed by atoms with E-state index in [2.05, 4.69) is 13.0 Å². The zero-order valence-electron chi connectivity index (χ0n) is 21.6. The first-order valence-corrected chi connectivity index (χ1v) is 15.6. The molecule has 1 saturated carbocycles. The average Bonchev–Trinajstić information content (AvgIpc) is 2.80. The summed E-state index contributed by atoms with van der Waals surface area (Å²) in [5, 5.41) is 0. The molecule has 6 heteroatoms. The first kappa shape index (κ1) is 29.3. The minimum Gasteiger partial charge on any atom is -0.491 e. The fraction of sp³-hybridized carbons (Fsp3) is 0.786. The van der Waals surface area contributed by atoms with Gasteiger partial charge >= 0.3 is 7.60 Å². The van der Waals surface area contributed by atoms with Crippen LogP contribution in [0.3, 0.4) is 0 Å². The van der Waals surface area contributed by atoms with E-state index in [1.807, 2.05) is 13.0 Å². The average molecular weight is 499 g/mol. The van der Waals surface area contributed by atoms with Gasteiger partial charge in [0.1, 0.15) is 0 Å². The number of halogens is 1. The standard InChI is InChI=1S/C28H48FO4P/c1-3-14-23-15-17-24(18-16-23)26-19-20-27(28(29)25(26)4-2)33-21-12-10-8-6-5-7-9-11-13-22-34(30,31)32/h19-20,23-24H,3-18,21-22H2,1-2H3,(H2,30,31,32). The third-order valence-electron chi connectivity index (χ3n) is 7.43. The van der Waals surface area contributed by atoms with Gasteiger partial charge in [-0.15, -0.1) is 0 Å². The van der Waals surface area contributed by atoms with Crippen LogP contribution in [0.4, 0.5) is 4.39 Å². The summed E-state index contributed by atoms with van der Waals surface area (Å²) in [6.45, 7) is 4.87. The molecule has 0 aliphatic heterocycles. The van der Waals surface area contributed by atoms with Gasteiger partial charge in [-0.2, -0.15) is 0 Å². The molecule has 0 radical (unpaired) electrons. The molecule has 1 aromatic rings. The van der Waals surface area contributed by atoms with Crippen LogP contribution in [-0.2, 0) is 11.0 Å². The third kappa shape index (κ3) is 10.8. The normalized spacial score (nSPS) is 18.9. The summed E-state index contributed by atoms with van der Waals surface area (Å²) in [4.78, 5) is 17.7. The highest BCUT2D eigenvalue weighted by molar-refractivity contribution is 7.51. The van der Waals surface area contributed by atoms with Gasteiger partial charge in [0.2, 0.25) is 0 Å². The summed E-state index contributed by atoms with van der Waals surface area (Å²) < 4.78 is 31.8. The summed E-state index contributed by atoms with van der Waals surface area (Å²) in [7, 11) is -3.82. The highest BCUT2D eigenvalue weighted by atomic mass is 31.2. The maximum absolute atomic E-state index is 15.2. The van der Waals surface area contributed by atoms with Crippen molar-refractivity contribution in [2.75, 3.05) is 12.8 Å². The quantitative estimate of drug-likeness (QED) is 0.167. The SMILES string of the molecule is CCCC1CCC(c2ccc(OCCCCCCCCCCCP(=O)(O)O)c(F)c2CC)CC1. The second kappa shape index (κ2) is 16.0. The fourth-order valence-corrected chi connectivity index (χ4v) is 6.11. The van der Waals surface area contributed by atoms with Gasteiger partial charge in [0.05, 0.1) is 6.61 Å². The minimum atomic E-state index is -3.82. The van der Waals surface area contributed by atoms with Crippen molar-refractivity contribution in [3.63, 3.8) is 0 Å². The Labute approximate surface area is 207 Å². The lowest BCUT2D eigenvalue weighted by Crippen LogP contribution is -2.15. The molecule has 0 spiro atoms. The number of rotatable bonds is 17. The first-order chi connectivity index (χ1) is 16.4. The Hall–Kier alpha value is -0.900. The van der Waals surface area contributed by atoms with Crippen molar-refractivity contribution in [3.8, 4) is 5.75 Å². The Morgan fingerprint density at radius 2 is 1.50 bits per heavy atom. The van der Waals surface area contributed by atoms with Crippen molar-refractivity contribution in [2.24, 2.45) is 5.92 Å². The van der Waals surface area contributed by atoms with E-state index in [4.69, 9.17) is 14.5 Å². The van der Waals surface area contributed by atoms with Crippen LogP contribution >= 0.6 is 7.60 Å².